The van der Waals surface area contributed by atoms with Gasteiger partial charge in [-0.15, -0.1) is 0 Å². The Hall–Kier alpha value is -2.48. The summed E-state index contributed by atoms with van der Waals surface area (Å²) in [6.07, 6.45) is 0. The van der Waals surface area contributed by atoms with Gasteiger partial charge in [0.25, 0.3) is 0 Å². The van der Waals surface area contributed by atoms with Crippen molar-refractivity contribution in [3.05, 3.63) is 48.0 Å². The van der Waals surface area contributed by atoms with Crippen LogP contribution in [0.5, 0.6) is 23.0 Å². The van der Waals surface area contributed by atoms with Crippen LogP contribution >= 0.6 is 0 Å². The molecule has 0 saturated carbocycles. The Morgan fingerprint density at radius 3 is 2.10 bits per heavy atom. The summed E-state index contributed by atoms with van der Waals surface area (Å²) in [4.78, 5) is 4.88. The van der Waals surface area contributed by atoms with Gasteiger partial charge in [-0.05, 0) is 18.2 Å². The first kappa shape index (κ1) is 23.2. The van der Waals surface area contributed by atoms with Crippen molar-refractivity contribution in [2.45, 2.75) is 6.54 Å². The minimum Gasteiger partial charge on any atom is -0.493 e. The van der Waals surface area contributed by atoms with Crippen LogP contribution in [0.4, 0.5) is 0 Å². The second-order valence-electron chi connectivity index (χ2n) is 7.39. The van der Waals surface area contributed by atoms with Gasteiger partial charge in [-0.25, -0.2) is 0 Å². The molecule has 0 spiro atoms. The van der Waals surface area contributed by atoms with E-state index in [-0.39, 0.29) is 0 Å². The molecule has 0 N–H and O–H groups in total. The zero-order chi connectivity index (χ0) is 21.9. The van der Waals surface area contributed by atoms with Crippen LogP contribution in [0.15, 0.2) is 42.5 Å². The molecule has 2 aromatic rings. The number of nitrogens with zero attached hydrogens (tertiary/aromatic N) is 2. The topological polar surface area (TPSA) is 52.6 Å². The van der Waals surface area contributed by atoms with Gasteiger partial charge < -0.3 is 23.7 Å². The van der Waals surface area contributed by atoms with Gasteiger partial charge in [0.15, 0.2) is 11.5 Å². The molecule has 0 bridgehead atoms. The normalized spacial score (nSPS) is 14.9. The zero-order valence-electron chi connectivity index (χ0n) is 18.8. The number of piperazine rings is 1. The summed E-state index contributed by atoms with van der Waals surface area (Å²) < 4.78 is 27.9. The Labute approximate surface area is 185 Å². The fraction of sp³-hybridized carbons (Fsp3) is 0.500. The van der Waals surface area contributed by atoms with Crippen molar-refractivity contribution >= 4 is 0 Å². The minimum absolute atomic E-state index is 0.574. The van der Waals surface area contributed by atoms with E-state index in [0.717, 1.165) is 62.9 Å². The number of hydrogen-bond donors (Lipinski definition) is 0. The van der Waals surface area contributed by atoms with Gasteiger partial charge in [-0.1, -0.05) is 24.3 Å². The van der Waals surface area contributed by atoms with Crippen molar-refractivity contribution in [2.75, 3.05) is 73.9 Å². The van der Waals surface area contributed by atoms with E-state index in [1.807, 2.05) is 36.4 Å². The maximum atomic E-state index is 5.74. The Kier molecular flexibility index (Phi) is 9.27. The van der Waals surface area contributed by atoms with Crippen LogP contribution in [0.25, 0.3) is 0 Å². The van der Waals surface area contributed by atoms with Crippen LogP contribution in [0.2, 0.25) is 0 Å². The third kappa shape index (κ3) is 6.75. The highest BCUT2D eigenvalue weighted by Crippen LogP contribution is 2.40. The maximum Gasteiger partial charge on any atom is 0.203 e. The van der Waals surface area contributed by atoms with Crippen LogP contribution in [0.3, 0.4) is 0 Å². The van der Waals surface area contributed by atoms with E-state index in [2.05, 4.69) is 15.9 Å². The minimum atomic E-state index is 0.574. The molecular formula is C24H34N2O5. The highest BCUT2D eigenvalue weighted by molar-refractivity contribution is 5.55. The number of rotatable bonds is 12. The first-order chi connectivity index (χ1) is 15.2. The lowest BCUT2D eigenvalue weighted by atomic mass is 10.1. The molecule has 170 valence electrons. The third-order valence-electron chi connectivity index (χ3n) is 5.44. The molecule has 0 aromatic heterocycles. The van der Waals surface area contributed by atoms with E-state index in [1.165, 1.54) is 0 Å². The molecule has 1 heterocycles. The molecule has 2 aromatic carbocycles. The molecule has 1 saturated heterocycles. The lowest BCUT2D eigenvalue weighted by molar-refractivity contribution is 0.0601. The smallest absolute Gasteiger partial charge is 0.203 e. The van der Waals surface area contributed by atoms with Gasteiger partial charge in [-0.2, -0.15) is 0 Å². The van der Waals surface area contributed by atoms with Crippen LogP contribution in [-0.4, -0.2) is 83.7 Å². The SMILES string of the molecule is COc1ccc(CN2CCN(CCOCCOc3ccccc3)CC2)c(OC)c1OC. The summed E-state index contributed by atoms with van der Waals surface area (Å²) >= 11 is 0. The Bertz CT molecular complexity index is 779. The number of para-hydroxylation sites is 1. The fourth-order valence-corrected chi connectivity index (χ4v) is 3.73. The summed E-state index contributed by atoms with van der Waals surface area (Å²) in [6, 6.07) is 13.8. The molecule has 0 unspecified atom stereocenters. The maximum absolute atomic E-state index is 5.74. The van der Waals surface area contributed by atoms with E-state index in [0.29, 0.717) is 24.7 Å². The summed E-state index contributed by atoms with van der Waals surface area (Å²) in [5.41, 5.74) is 1.11. The monoisotopic (exact) mass is 430 g/mol. The molecule has 7 heteroatoms. The van der Waals surface area contributed by atoms with Gasteiger partial charge >= 0.3 is 0 Å². The average Bonchev–Trinajstić information content (AvgIpc) is 2.82. The molecule has 0 radical (unpaired) electrons. The molecule has 1 aliphatic heterocycles. The predicted octanol–water partition coefficient (Wildman–Crippen LogP) is 2.93. The molecule has 0 atom stereocenters. The Balaban J connectivity index is 1.35. The van der Waals surface area contributed by atoms with E-state index < -0.39 is 0 Å². The van der Waals surface area contributed by atoms with Crippen molar-refractivity contribution in [2.24, 2.45) is 0 Å². The van der Waals surface area contributed by atoms with E-state index in [9.17, 15) is 0 Å². The molecule has 31 heavy (non-hydrogen) atoms. The highest BCUT2D eigenvalue weighted by Gasteiger charge is 2.21. The molecule has 0 aliphatic carbocycles. The molecule has 1 aliphatic rings. The summed E-state index contributed by atoms with van der Waals surface area (Å²) in [7, 11) is 4.94. The van der Waals surface area contributed by atoms with Gasteiger partial charge in [0, 0.05) is 44.8 Å². The summed E-state index contributed by atoms with van der Waals surface area (Å²) in [6.45, 7) is 7.74. The number of methoxy groups -OCH3 is 3. The van der Waals surface area contributed by atoms with Gasteiger partial charge in [-0.3, -0.25) is 9.80 Å². The van der Waals surface area contributed by atoms with Crippen molar-refractivity contribution in [1.29, 1.82) is 0 Å². The molecule has 7 nitrogen and oxygen atoms in total. The standard InChI is InChI=1S/C24H34N2O5/c1-27-22-10-9-20(23(28-2)24(22)29-3)19-26-13-11-25(12-14-26)15-16-30-17-18-31-21-7-5-4-6-8-21/h4-10H,11-19H2,1-3H3. The lowest BCUT2D eigenvalue weighted by Crippen LogP contribution is -2.46. The summed E-state index contributed by atoms with van der Waals surface area (Å²) in [5, 5.41) is 0. The zero-order valence-corrected chi connectivity index (χ0v) is 18.8. The van der Waals surface area contributed by atoms with Crippen molar-refractivity contribution in [1.82, 2.24) is 9.80 Å². The van der Waals surface area contributed by atoms with E-state index in [4.69, 9.17) is 23.7 Å². The number of benzene rings is 2. The molecule has 0 amide bonds. The third-order valence-corrected chi connectivity index (χ3v) is 5.44. The molecular weight excluding hydrogens is 396 g/mol. The Morgan fingerprint density at radius 2 is 1.42 bits per heavy atom. The van der Waals surface area contributed by atoms with Crippen LogP contribution in [-0.2, 0) is 11.3 Å². The van der Waals surface area contributed by atoms with Crippen LogP contribution in [0.1, 0.15) is 5.56 Å². The first-order valence-electron chi connectivity index (χ1n) is 10.7. The summed E-state index contributed by atoms with van der Waals surface area (Å²) in [5.74, 6) is 2.96. The quantitative estimate of drug-likeness (QED) is 0.480. The highest BCUT2D eigenvalue weighted by atomic mass is 16.5. The number of ether oxygens (including phenoxy) is 5. The molecule has 3 rings (SSSR count). The van der Waals surface area contributed by atoms with E-state index in [1.54, 1.807) is 21.3 Å². The van der Waals surface area contributed by atoms with Crippen LogP contribution < -0.4 is 18.9 Å². The second kappa shape index (κ2) is 12.4. The van der Waals surface area contributed by atoms with Gasteiger partial charge in [0.05, 0.1) is 34.5 Å². The fourth-order valence-electron chi connectivity index (χ4n) is 3.73. The predicted molar refractivity (Wildman–Crippen MR) is 121 cm³/mol. The van der Waals surface area contributed by atoms with Crippen LogP contribution in [0, 0.1) is 0 Å². The van der Waals surface area contributed by atoms with Gasteiger partial charge in [0.2, 0.25) is 5.75 Å². The average molecular weight is 431 g/mol. The van der Waals surface area contributed by atoms with Crippen molar-refractivity contribution in [3.8, 4) is 23.0 Å². The Morgan fingerprint density at radius 1 is 0.710 bits per heavy atom. The van der Waals surface area contributed by atoms with Gasteiger partial charge in [0.1, 0.15) is 12.4 Å². The van der Waals surface area contributed by atoms with E-state index >= 15 is 0 Å². The number of hydrogen-bond acceptors (Lipinski definition) is 7. The first-order valence-corrected chi connectivity index (χ1v) is 10.7. The molecule has 1 fully saturated rings. The largest absolute Gasteiger partial charge is 0.493 e. The lowest BCUT2D eigenvalue weighted by Gasteiger charge is -2.35. The van der Waals surface area contributed by atoms with Crippen molar-refractivity contribution < 1.29 is 23.7 Å². The van der Waals surface area contributed by atoms with Crippen molar-refractivity contribution in [3.63, 3.8) is 0 Å². The second-order valence-corrected chi connectivity index (χ2v) is 7.39.